The highest BCUT2D eigenvalue weighted by molar-refractivity contribution is 5.85. The Morgan fingerprint density at radius 2 is 2.05 bits per heavy atom. The van der Waals surface area contributed by atoms with E-state index in [1.807, 2.05) is 11.8 Å². The van der Waals surface area contributed by atoms with E-state index in [2.05, 4.69) is 4.90 Å². The summed E-state index contributed by atoms with van der Waals surface area (Å²) in [5, 5.41) is 0. The molecule has 3 fully saturated rings. The van der Waals surface area contributed by atoms with Crippen molar-refractivity contribution in [2.24, 2.45) is 11.7 Å². The van der Waals surface area contributed by atoms with E-state index >= 15 is 0 Å². The average molecular weight is 316 g/mol. The molecule has 3 unspecified atom stereocenters. The number of likely N-dealkylation sites (tertiary alicyclic amines) is 2. The molecule has 1 aliphatic carbocycles. The van der Waals surface area contributed by atoms with Crippen molar-refractivity contribution < 1.29 is 9.59 Å². The molecule has 5 nitrogen and oxygen atoms in total. The number of carbonyl (C=O) groups excluding carboxylic acids is 2. The van der Waals surface area contributed by atoms with Crippen LogP contribution in [0.1, 0.15) is 45.4 Å². The van der Waals surface area contributed by atoms with E-state index in [-0.39, 0.29) is 24.4 Å². The van der Waals surface area contributed by atoms with Crippen LogP contribution >= 0.6 is 12.4 Å². The fourth-order valence-electron chi connectivity index (χ4n) is 3.75. The van der Waals surface area contributed by atoms with Crippen LogP contribution in [0.15, 0.2) is 0 Å². The maximum Gasteiger partial charge on any atom is 0.224 e. The summed E-state index contributed by atoms with van der Waals surface area (Å²) in [6.07, 6.45) is 5.31. The van der Waals surface area contributed by atoms with Crippen LogP contribution in [0.4, 0.5) is 0 Å². The topological polar surface area (TPSA) is 66.6 Å². The van der Waals surface area contributed by atoms with Gasteiger partial charge in [-0.25, -0.2) is 0 Å². The molecule has 3 atom stereocenters. The minimum absolute atomic E-state index is 0. The summed E-state index contributed by atoms with van der Waals surface area (Å²) >= 11 is 0. The zero-order valence-corrected chi connectivity index (χ0v) is 13.5. The molecule has 0 aromatic rings. The predicted octanol–water partition coefficient (Wildman–Crippen LogP) is 1.15. The first-order valence-corrected chi connectivity index (χ1v) is 7.90. The van der Waals surface area contributed by atoms with E-state index in [9.17, 15) is 9.59 Å². The fraction of sp³-hybridized carbons (Fsp3) is 0.867. The molecule has 0 spiro atoms. The molecule has 0 radical (unpaired) electrons. The Balaban J connectivity index is 0.00000161. The molecule has 0 bridgehead atoms. The van der Waals surface area contributed by atoms with Crippen LogP contribution in [0.2, 0.25) is 0 Å². The van der Waals surface area contributed by atoms with Gasteiger partial charge in [-0.2, -0.15) is 0 Å². The van der Waals surface area contributed by atoms with Crippen LogP contribution in [0, 0.1) is 5.92 Å². The lowest BCUT2D eigenvalue weighted by Gasteiger charge is -2.47. The number of piperidine rings is 2. The van der Waals surface area contributed by atoms with Gasteiger partial charge in [0.25, 0.3) is 0 Å². The molecule has 3 aliphatic rings. The summed E-state index contributed by atoms with van der Waals surface area (Å²) in [7, 11) is 0. The summed E-state index contributed by atoms with van der Waals surface area (Å²) in [5.41, 5.74) is 5.72. The van der Waals surface area contributed by atoms with Gasteiger partial charge in [-0.05, 0) is 38.5 Å². The SMILES string of the molecule is CC(N)CC(=O)N1CCC2C(CCC(=O)N2C2CC2)C1.Cl. The summed E-state index contributed by atoms with van der Waals surface area (Å²) in [6.45, 7) is 3.47. The number of fused-ring (bicyclic) bond motifs is 1. The Hall–Kier alpha value is -0.810. The van der Waals surface area contributed by atoms with Crippen molar-refractivity contribution in [3.8, 4) is 0 Å². The summed E-state index contributed by atoms with van der Waals surface area (Å²) in [6, 6.07) is 0.806. The Morgan fingerprint density at radius 1 is 1.33 bits per heavy atom. The molecule has 120 valence electrons. The number of rotatable bonds is 3. The summed E-state index contributed by atoms with van der Waals surface area (Å²) in [4.78, 5) is 28.4. The number of halogens is 1. The first kappa shape index (κ1) is 16.6. The molecule has 3 rings (SSSR count). The molecule has 0 aromatic carbocycles. The van der Waals surface area contributed by atoms with Gasteiger partial charge >= 0.3 is 0 Å². The monoisotopic (exact) mass is 315 g/mol. The van der Waals surface area contributed by atoms with Crippen molar-refractivity contribution in [3.63, 3.8) is 0 Å². The standard InChI is InChI=1S/C15H25N3O2.ClH/c1-10(16)8-15(20)17-7-6-13-11(9-17)2-5-14(19)18(13)12-3-4-12;/h10-13H,2-9,16H2,1H3;1H. The number of amides is 2. The largest absolute Gasteiger partial charge is 0.342 e. The molecule has 2 heterocycles. The number of nitrogens with zero attached hydrogens (tertiary/aromatic N) is 2. The zero-order valence-electron chi connectivity index (χ0n) is 12.7. The zero-order chi connectivity index (χ0) is 14.3. The van der Waals surface area contributed by atoms with Crippen molar-refractivity contribution in [1.82, 2.24) is 9.80 Å². The first-order chi connectivity index (χ1) is 9.56. The van der Waals surface area contributed by atoms with E-state index in [4.69, 9.17) is 5.73 Å². The van der Waals surface area contributed by atoms with E-state index < -0.39 is 0 Å². The molecule has 0 aromatic heterocycles. The second kappa shape index (κ2) is 6.53. The molecular formula is C15H26ClN3O2. The van der Waals surface area contributed by atoms with Crippen LogP contribution < -0.4 is 5.73 Å². The van der Waals surface area contributed by atoms with Gasteiger partial charge in [0.15, 0.2) is 0 Å². The average Bonchev–Trinajstić information content (AvgIpc) is 3.21. The van der Waals surface area contributed by atoms with Gasteiger partial charge in [0.1, 0.15) is 0 Å². The van der Waals surface area contributed by atoms with Crippen LogP contribution in [-0.4, -0.2) is 52.8 Å². The van der Waals surface area contributed by atoms with E-state index in [0.29, 0.717) is 36.8 Å². The molecule has 2 aliphatic heterocycles. The van der Waals surface area contributed by atoms with E-state index in [1.54, 1.807) is 0 Å². The Bertz CT molecular complexity index is 412. The Morgan fingerprint density at radius 3 is 2.67 bits per heavy atom. The van der Waals surface area contributed by atoms with Gasteiger partial charge < -0.3 is 15.5 Å². The first-order valence-electron chi connectivity index (χ1n) is 7.90. The third kappa shape index (κ3) is 3.51. The fourth-order valence-corrected chi connectivity index (χ4v) is 3.75. The lowest BCUT2D eigenvalue weighted by atomic mass is 9.83. The third-order valence-electron chi connectivity index (χ3n) is 4.86. The Labute approximate surface area is 132 Å². The molecule has 1 saturated carbocycles. The van der Waals surface area contributed by atoms with Crippen molar-refractivity contribution in [1.29, 1.82) is 0 Å². The molecule has 21 heavy (non-hydrogen) atoms. The minimum atomic E-state index is -0.0730. The van der Waals surface area contributed by atoms with Gasteiger partial charge in [-0.3, -0.25) is 9.59 Å². The molecule has 2 N–H and O–H groups in total. The second-order valence-electron chi connectivity index (χ2n) is 6.71. The number of hydrogen-bond acceptors (Lipinski definition) is 3. The van der Waals surface area contributed by atoms with E-state index in [1.165, 1.54) is 12.8 Å². The predicted molar refractivity (Wildman–Crippen MR) is 83.1 cm³/mol. The summed E-state index contributed by atoms with van der Waals surface area (Å²) in [5.74, 6) is 0.983. The Kier molecular flexibility index (Phi) is 5.15. The second-order valence-corrected chi connectivity index (χ2v) is 6.71. The molecular weight excluding hydrogens is 290 g/mol. The summed E-state index contributed by atoms with van der Waals surface area (Å²) < 4.78 is 0. The lowest BCUT2D eigenvalue weighted by molar-refractivity contribution is -0.145. The van der Waals surface area contributed by atoms with Gasteiger partial charge in [0, 0.05) is 44.1 Å². The van der Waals surface area contributed by atoms with Crippen LogP contribution in [0.5, 0.6) is 0 Å². The highest BCUT2D eigenvalue weighted by Crippen LogP contribution is 2.39. The highest BCUT2D eigenvalue weighted by Gasteiger charge is 2.45. The third-order valence-corrected chi connectivity index (χ3v) is 4.86. The van der Waals surface area contributed by atoms with Crippen LogP contribution in [0.25, 0.3) is 0 Å². The quantitative estimate of drug-likeness (QED) is 0.849. The molecule has 6 heteroatoms. The number of nitrogens with two attached hydrogens (primary N) is 1. The number of hydrogen-bond donors (Lipinski definition) is 1. The van der Waals surface area contributed by atoms with Crippen molar-refractivity contribution >= 4 is 24.2 Å². The highest BCUT2D eigenvalue weighted by atomic mass is 35.5. The molecule has 2 amide bonds. The molecule has 2 saturated heterocycles. The smallest absolute Gasteiger partial charge is 0.224 e. The van der Waals surface area contributed by atoms with E-state index in [0.717, 1.165) is 25.9 Å². The van der Waals surface area contributed by atoms with Gasteiger partial charge in [0.05, 0.1) is 0 Å². The van der Waals surface area contributed by atoms with Crippen molar-refractivity contribution in [2.75, 3.05) is 13.1 Å². The van der Waals surface area contributed by atoms with Gasteiger partial charge in [-0.1, -0.05) is 0 Å². The van der Waals surface area contributed by atoms with Crippen LogP contribution in [0.3, 0.4) is 0 Å². The van der Waals surface area contributed by atoms with Gasteiger partial charge in [0.2, 0.25) is 11.8 Å². The number of carbonyl (C=O) groups is 2. The van der Waals surface area contributed by atoms with Gasteiger partial charge in [-0.15, -0.1) is 12.4 Å². The normalized spacial score (nSPS) is 30.5. The van der Waals surface area contributed by atoms with Crippen LogP contribution in [-0.2, 0) is 9.59 Å². The minimum Gasteiger partial charge on any atom is -0.342 e. The van der Waals surface area contributed by atoms with Crippen molar-refractivity contribution in [2.45, 2.75) is 63.6 Å². The maximum absolute atomic E-state index is 12.1. The maximum atomic E-state index is 12.1. The lowest BCUT2D eigenvalue weighted by Crippen LogP contribution is -2.57. The van der Waals surface area contributed by atoms with Crippen molar-refractivity contribution in [3.05, 3.63) is 0 Å².